The molecule has 0 bridgehead atoms. The van der Waals surface area contributed by atoms with Crippen LogP contribution in [0.25, 0.3) is 11.1 Å². The van der Waals surface area contributed by atoms with Gasteiger partial charge in [-0.05, 0) is 78.4 Å². The van der Waals surface area contributed by atoms with Gasteiger partial charge in [-0.1, -0.05) is 59.6 Å². The number of aliphatic hydroxyl groups excluding tert-OH is 2. The van der Waals surface area contributed by atoms with E-state index < -0.39 is 18.1 Å². The third-order valence-electron chi connectivity index (χ3n) is 10.4. The van der Waals surface area contributed by atoms with Gasteiger partial charge in [0.2, 0.25) is 0 Å². The number of benzene rings is 4. The van der Waals surface area contributed by atoms with Crippen LogP contribution in [0.1, 0.15) is 62.6 Å². The SMILES string of the molecule is CN=Cc1cncc(COc2cc(OCc3cccc(-c4cccc(COc5cc(OCc6cncc(C#N)c6)c(CO)cc5Cl)c4C)c3C)c(Cl)cc2CN[C@H](C(=O)O)[C@H](C)O)c1. The molecule has 6 aromatic rings. The van der Waals surface area contributed by atoms with Gasteiger partial charge < -0.3 is 34.3 Å². The molecule has 0 aliphatic heterocycles. The summed E-state index contributed by atoms with van der Waals surface area (Å²) < 4.78 is 24.9. The summed E-state index contributed by atoms with van der Waals surface area (Å²) in [6, 6.07) is 23.1. The van der Waals surface area contributed by atoms with Crippen molar-refractivity contribution >= 4 is 35.4 Å². The Balaban J connectivity index is 1.19. The zero-order valence-electron chi connectivity index (χ0n) is 35.6. The summed E-state index contributed by atoms with van der Waals surface area (Å²) in [6.07, 6.45) is 7.00. The van der Waals surface area contributed by atoms with E-state index >= 15 is 0 Å². The molecule has 13 nitrogen and oxygen atoms in total. The molecule has 4 N–H and O–H groups in total. The monoisotopic (exact) mass is 903 g/mol. The summed E-state index contributed by atoms with van der Waals surface area (Å²) in [5.74, 6) is 0.353. The molecule has 0 saturated heterocycles. The molecule has 0 spiro atoms. The summed E-state index contributed by atoms with van der Waals surface area (Å²) in [6.45, 7) is 5.86. The van der Waals surface area contributed by atoms with Crippen LogP contribution in [0.4, 0.5) is 0 Å². The first-order valence-corrected chi connectivity index (χ1v) is 20.9. The molecule has 6 rings (SSSR count). The van der Waals surface area contributed by atoms with Gasteiger partial charge in [-0.25, -0.2) is 0 Å². The smallest absolute Gasteiger partial charge is 0.323 e. The highest BCUT2D eigenvalue weighted by Crippen LogP contribution is 2.37. The number of hydrogen-bond donors (Lipinski definition) is 4. The van der Waals surface area contributed by atoms with E-state index in [0.29, 0.717) is 55.3 Å². The van der Waals surface area contributed by atoms with Gasteiger partial charge in [0.15, 0.2) is 0 Å². The van der Waals surface area contributed by atoms with Gasteiger partial charge in [-0.2, -0.15) is 5.26 Å². The lowest BCUT2D eigenvalue weighted by Gasteiger charge is -2.20. The summed E-state index contributed by atoms with van der Waals surface area (Å²) >= 11 is 13.4. The number of carboxylic acids is 1. The molecular weight excluding hydrogens is 857 g/mol. The maximum atomic E-state index is 11.8. The van der Waals surface area contributed by atoms with Crippen molar-refractivity contribution in [3.8, 4) is 40.2 Å². The van der Waals surface area contributed by atoms with E-state index in [4.69, 9.17) is 42.1 Å². The zero-order chi connectivity index (χ0) is 45.8. The Morgan fingerprint density at radius 1 is 0.766 bits per heavy atom. The summed E-state index contributed by atoms with van der Waals surface area (Å²) in [4.78, 5) is 24.2. The number of ether oxygens (including phenoxy) is 4. The van der Waals surface area contributed by atoms with Crippen molar-refractivity contribution in [2.75, 3.05) is 7.05 Å². The summed E-state index contributed by atoms with van der Waals surface area (Å²) in [5, 5.41) is 42.4. The first kappa shape index (κ1) is 47.0. The number of carboxylic acid groups (broad SMARTS) is 1. The number of hydrogen-bond acceptors (Lipinski definition) is 12. The van der Waals surface area contributed by atoms with Crippen LogP contribution in [0.3, 0.4) is 0 Å². The Hall–Kier alpha value is -6.53. The van der Waals surface area contributed by atoms with Crippen LogP contribution < -0.4 is 24.3 Å². The second-order valence-corrected chi connectivity index (χ2v) is 15.7. The van der Waals surface area contributed by atoms with Gasteiger partial charge in [0.1, 0.15) is 61.5 Å². The number of rotatable bonds is 20. The van der Waals surface area contributed by atoms with Gasteiger partial charge >= 0.3 is 5.97 Å². The number of nitriles is 1. The van der Waals surface area contributed by atoms with Crippen molar-refractivity contribution in [3.63, 3.8) is 0 Å². The van der Waals surface area contributed by atoms with Crippen LogP contribution in [-0.4, -0.2) is 56.7 Å². The van der Waals surface area contributed by atoms with Crippen LogP contribution in [0.15, 0.2) is 103 Å². The molecule has 0 aliphatic carbocycles. The van der Waals surface area contributed by atoms with E-state index in [2.05, 4.69) is 38.5 Å². The average Bonchev–Trinajstić information content (AvgIpc) is 3.28. The standard InChI is InChI=1S/C49H47Cl2N5O8/c1-29-36(27-63-46-15-44(61-26-35-12-33(18-53-4)20-55-22-35)38(13-42(46)50)23-56-48(31(3)58)49(59)60)7-5-9-40(29)41-10-6-8-37(30(41)2)28-64-47-16-45(39(24-57)14-43(47)51)62-25-34-11-32(17-52)19-54-21-34/h5-16,18-22,31,48,56-58H,23-28H2,1-4H3,(H,59,60)/t31-,48-/m0/s1. The van der Waals surface area contributed by atoms with Gasteiger partial charge in [-0.3, -0.25) is 25.1 Å². The van der Waals surface area contributed by atoms with E-state index in [0.717, 1.165) is 44.5 Å². The maximum Gasteiger partial charge on any atom is 0.323 e. The third kappa shape index (κ3) is 11.9. The fourth-order valence-electron chi connectivity index (χ4n) is 6.92. The number of aliphatic imine (C=N–C) groups is 1. The number of aliphatic carboxylic acids is 1. The topological polar surface area (TPSA) is 189 Å². The average molecular weight is 905 g/mol. The number of aromatic nitrogens is 2. The van der Waals surface area contributed by atoms with Crippen molar-refractivity contribution in [1.82, 2.24) is 15.3 Å². The molecule has 330 valence electrons. The highest BCUT2D eigenvalue weighted by Gasteiger charge is 2.24. The third-order valence-corrected chi connectivity index (χ3v) is 11.0. The minimum Gasteiger partial charge on any atom is -0.488 e. The summed E-state index contributed by atoms with van der Waals surface area (Å²) in [5.41, 5.74) is 9.62. The first-order valence-electron chi connectivity index (χ1n) is 20.2. The number of nitrogens with zero attached hydrogens (tertiary/aromatic N) is 4. The molecule has 0 saturated carbocycles. The molecule has 2 atom stereocenters. The maximum absolute atomic E-state index is 11.8. The molecule has 0 aliphatic rings. The minimum atomic E-state index is -1.22. The van der Waals surface area contributed by atoms with Gasteiger partial charge in [0.05, 0.1) is 28.3 Å². The Kier molecular flexibility index (Phi) is 16.3. The van der Waals surface area contributed by atoms with Crippen molar-refractivity contribution < 1.29 is 39.1 Å². The second kappa shape index (κ2) is 22.2. The molecule has 0 unspecified atom stereocenters. The predicted octanol–water partition coefficient (Wildman–Crippen LogP) is 8.72. The highest BCUT2D eigenvalue weighted by molar-refractivity contribution is 6.32. The number of aliphatic hydroxyl groups is 2. The predicted molar refractivity (Wildman–Crippen MR) is 244 cm³/mol. The van der Waals surface area contributed by atoms with Crippen molar-refractivity contribution in [1.29, 1.82) is 5.26 Å². The van der Waals surface area contributed by atoms with Crippen LogP contribution in [0.5, 0.6) is 23.0 Å². The molecule has 64 heavy (non-hydrogen) atoms. The van der Waals surface area contributed by atoms with E-state index in [1.54, 1.807) is 62.2 Å². The largest absolute Gasteiger partial charge is 0.488 e. The lowest BCUT2D eigenvalue weighted by molar-refractivity contribution is -0.142. The normalized spacial score (nSPS) is 12.1. The Morgan fingerprint density at radius 3 is 1.83 bits per heavy atom. The van der Waals surface area contributed by atoms with Crippen molar-refractivity contribution in [2.24, 2.45) is 4.99 Å². The van der Waals surface area contributed by atoms with Crippen LogP contribution in [-0.2, 0) is 44.4 Å². The van der Waals surface area contributed by atoms with Gasteiger partial charge in [0.25, 0.3) is 0 Å². The van der Waals surface area contributed by atoms with Crippen molar-refractivity contribution in [2.45, 2.75) is 72.5 Å². The number of pyridine rings is 2. The van der Waals surface area contributed by atoms with E-state index in [1.807, 2.05) is 44.2 Å². The Bertz CT molecular complexity index is 2690. The Morgan fingerprint density at radius 2 is 1.30 bits per heavy atom. The van der Waals surface area contributed by atoms with Crippen molar-refractivity contribution in [3.05, 3.63) is 163 Å². The highest BCUT2D eigenvalue weighted by atomic mass is 35.5. The fraction of sp³-hybridized carbons (Fsp3) is 0.245. The minimum absolute atomic E-state index is 0.0412. The molecule has 2 aromatic heterocycles. The molecule has 4 aromatic carbocycles. The van der Waals surface area contributed by atoms with Crippen LogP contribution >= 0.6 is 23.2 Å². The molecule has 0 radical (unpaired) electrons. The fourth-order valence-corrected chi connectivity index (χ4v) is 7.40. The van der Waals surface area contributed by atoms with Gasteiger partial charge in [-0.15, -0.1) is 0 Å². The van der Waals surface area contributed by atoms with E-state index in [9.17, 15) is 25.4 Å². The van der Waals surface area contributed by atoms with E-state index in [1.165, 1.54) is 13.1 Å². The quantitative estimate of drug-likeness (QED) is 0.0535. The molecule has 0 fully saturated rings. The van der Waals surface area contributed by atoms with Crippen LogP contribution in [0, 0.1) is 25.2 Å². The van der Waals surface area contributed by atoms with E-state index in [-0.39, 0.29) is 39.6 Å². The molecule has 2 heterocycles. The second-order valence-electron chi connectivity index (χ2n) is 14.9. The molecule has 15 heteroatoms. The van der Waals surface area contributed by atoms with Crippen LogP contribution in [0.2, 0.25) is 10.0 Å². The summed E-state index contributed by atoms with van der Waals surface area (Å²) in [7, 11) is 1.68. The number of carbonyl (C=O) groups is 1. The lowest BCUT2D eigenvalue weighted by atomic mass is 9.92. The first-order chi connectivity index (χ1) is 30.9. The lowest BCUT2D eigenvalue weighted by Crippen LogP contribution is -2.44. The number of nitrogens with one attached hydrogen (secondary N) is 1. The van der Waals surface area contributed by atoms with Gasteiger partial charge in [0, 0.05) is 84.5 Å². The Labute approximate surface area is 381 Å². The molecule has 0 amide bonds. The zero-order valence-corrected chi connectivity index (χ0v) is 37.2. The molecular formula is C49H47Cl2N5O8. The number of halogens is 2.